The number of fused-ring (bicyclic) bond motifs is 1. The highest BCUT2D eigenvalue weighted by molar-refractivity contribution is 5.94. The molecule has 1 fully saturated rings. The minimum Gasteiger partial charge on any atom is -0.388 e. The average Bonchev–Trinajstić information content (AvgIpc) is 2.91. The second-order valence-corrected chi connectivity index (χ2v) is 5.50. The molecule has 2 nitrogen and oxygen atoms in total. The second kappa shape index (κ2) is 6.28. The number of methoxy groups -OCH3 is 1. The SMILES string of the molecule is COCC(=C=C1CCC[C@H]1O)c1cccc2ccccc12. The first-order valence-corrected chi connectivity index (χ1v) is 7.43. The van der Waals surface area contributed by atoms with Crippen LogP contribution in [-0.2, 0) is 4.74 Å². The molecule has 21 heavy (non-hydrogen) atoms. The van der Waals surface area contributed by atoms with Gasteiger partial charge in [0.1, 0.15) is 0 Å². The molecular formula is C19H20O2. The number of ether oxygens (including phenoxy) is 1. The summed E-state index contributed by atoms with van der Waals surface area (Å²) >= 11 is 0. The molecule has 0 unspecified atom stereocenters. The Kier molecular flexibility index (Phi) is 4.21. The maximum absolute atomic E-state index is 10.0. The van der Waals surface area contributed by atoms with Gasteiger partial charge < -0.3 is 9.84 Å². The highest BCUT2D eigenvalue weighted by Gasteiger charge is 2.18. The van der Waals surface area contributed by atoms with Crippen molar-refractivity contribution in [3.8, 4) is 0 Å². The van der Waals surface area contributed by atoms with Gasteiger partial charge >= 0.3 is 0 Å². The van der Waals surface area contributed by atoms with Crippen molar-refractivity contribution in [3.63, 3.8) is 0 Å². The molecule has 0 spiro atoms. The number of hydrogen-bond donors (Lipinski definition) is 1. The van der Waals surface area contributed by atoms with Crippen LogP contribution >= 0.6 is 0 Å². The molecule has 2 heteroatoms. The molecule has 1 atom stereocenters. The average molecular weight is 280 g/mol. The van der Waals surface area contributed by atoms with Gasteiger partial charge in [0, 0.05) is 18.3 Å². The fraction of sp³-hybridized carbons (Fsp3) is 0.316. The summed E-state index contributed by atoms with van der Waals surface area (Å²) in [5.41, 5.74) is 6.60. The first-order valence-electron chi connectivity index (χ1n) is 7.43. The predicted octanol–water partition coefficient (Wildman–Crippen LogP) is 3.94. The first-order chi connectivity index (χ1) is 10.3. The normalized spacial score (nSPS) is 18.0. The van der Waals surface area contributed by atoms with E-state index in [2.05, 4.69) is 36.1 Å². The Labute approximate surface area is 125 Å². The van der Waals surface area contributed by atoms with Crippen molar-refractivity contribution in [2.45, 2.75) is 25.4 Å². The molecule has 2 aromatic rings. The van der Waals surface area contributed by atoms with E-state index in [1.807, 2.05) is 12.1 Å². The summed E-state index contributed by atoms with van der Waals surface area (Å²) in [4.78, 5) is 0. The summed E-state index contributed by atoms with van der Waals surface area (Å²) in [6.45, 7) is 0.504. The van der Waals surface area contributed by atoms with Crippen molar-refractivity contribution >= 4 is 16.3 Å². The smallest absolute Gasteiger partial charge is 0.0824 e. The Morgan fingerprint density at radius 3 is 2.81 bits per heavy atom. The Bertz CT molecular complexity index is 703. The largest absolute Gasteiger partial charge is 0.388 e. The van der Waals surface area contributed by atoms with Gasteiger partial charge in [0.05, 0.1) is 12.7 Å². The van der Waals surface area contributed by atoms with E-state index in [9.17, 15) is 5.11 Å². The Balaban J connectivity index is 2.19. The van der Waals surface area contributed by atoms with Crippen LogP contribution in [0.3, 0.4) is 0 Å². The zero-order valence-corrected chi connectivity index (χ0v) is 12.3. The first kappa shape index (κ1) is 14.1. The summed E-state index contributed by atoms with van der Waals surface area (Å²) < 4.78 is 5.36. The van der Waals surface area contributed by atoms with Crippen LogP contribution in [0.4, 0.5) is 0 Å². The summed E-state index contributed by atoms with van der Waals surface area (Å²) in [5, 5.41) is 12.4. The third kappa shape index (κ3) is 2.93. The molecule has 0 bridgehead atoms. The van der Waals surface area contributed by atoms with Crippen molar-refractivity contribution in [2.75, 3.05) is 13.7 Å². The molecular weight excluding hydrogens is 260 g/mol. The molecule has 1 aliphatic rings. The van der Waals surface area contributed by atoms with Crippen molar-refractivity contribution in [1.29, 1.82) is 0 Å². The van der Waals surface area contributed by atoms with Crippen LogP contribution in [0.2, 0.25) is 0 Å². The van der Waals surface area contributed by atoms with Crippen molar-refractivity contribution in [3.05, 3.63) is 59.3 Å². The van der Waals surface area contributed by atoms with Crippen LogP contribution in [0.1, 0.15) is 24.8 Å². The third-order valence-electron chi connectivity index (χ3n) is 4.04. The van der Waals surface area contributed by atoms with E-state index in [1.54, 1.807) is 7.11 Å². The minimum absolute atomic E-state index is 0.341. The maximum Gasteiger partial charge on any atom is 0.0824 e. The molecule has 0 heterocycles. The van der Waals surface area contributed by atoms with Crippen molar-refractivity contribution in [1.82, 2.24) is 0 Å². The number of benzene rings is 2. The van der Waals surface area contributed by atoms with Crippen molar-refractivity contribution in [2.24, 2.45) is 0 Å². The van der Waals surface area contributed by atoms with Gasteiger partial charge in [-0.15, -0.1) is 5.73 Å². The lowest BCUT2D eigenvalue weighted by molar-refractivity contribution is 0.218. The number of hydrogen-bond acceptors (Lipinski definition) is 2. The summed E-state index contributed by atoms with van der Waals surface area (Å²) in [5.74, 6) is 0. The topological polar surface area (TPSA) is 29.5 Å². The Hall–Kier alpha value is -1.86. The van der Waals surface area contributed by atoms with Crippen LogP contribution in [-0.4, -0.2) is 24.9 Å². The molecule has 0 amide bonds. The van der Waals surface area contributed by atoms with Gasteiger partial charge in [0.2, 0.25) is 0 Å². The molecule has 0 aliphatic heterocycles. The van der Waals surface area contributed by atoms with E-state index in [4.69, 9.17) is 4.74 Å². The molecule has 3 rings (SSSR count). The van der Waals surface area contributed by atoms with Gasteiger partial charge in [-0.25, -0.2) is 0 Å². The fourth-order valence-corrected chi connectivity index (χ4v) is 2.98. The zero-order chi connectivity index (χ0) is 14.7. The fourth-order valence-electron chi connectivity index (χ4n) is 2.98. The molecule has 1 saturated carbocycles. The van der Waals surface area contributed by atoms with E-state index in [0.717, 1.165) is 36.0 Å². The summed E-state index contributed by atoms with van der Waals surface area (Å²) in [6.07, 6.45) is 2.48. The van der Waals surface area contributed by atoms with E-state index in [-0.39, 0.29) is 6.10 Å². The third-order valence-corrected chi connectivity index (χ3v) is 4.04. The van der Waals surface area contributed by atoms with Crippen LogP contribution in [0.25, 0.3) is 16.3 Å². The highest BCUT2D eigenvalue weighted by atomic mass is 16.5. The lowest BCUT2D eigenvalue weighted by atomic mass is 9.98. The molecule has 0 radical (unpaired) electrons. The lowest BCUT2D eigenvalue weighted by Gasteiger charge is -2.09. The standard InChI is InChI=1S/C19H20O2/c1-21-13-16(12-15-8-5-11-19(15)20)18-10-4-7-14-6-2-3-9-17(14)18/h2-4,6-7,9-10,19-20H,5,8,11,13H2,1H3/t12?,19-/m1/s1. The van der Waals surface area contributed by atoms with E-state index in [0.29, 0.717) is 6.61 Å². The minimum atomic E-state index is -0.341. The highest BCUT2D eigenvalue weighted by Crippen LogP contribution is 2.28. The van der Waals surface area contributed by atoms with E-state index < -0.39 is 0 Å². The van der Waals surface area contributed by atoms with E-state index in [1.165, 1.54) is 10.8 Å². The predicted molar refractivity (Wildman–Crippen MR) is 86.1 cm³/mol. The number of aliphatic hydroxyl groups excluding tert-OH is 1. The van der Waals surface area contributed by atoms with Gasteiger partial charge in [-0.3, -0.25) is 0 Å². The number of rotatable bonds is 3. The van der Waals surface area contributed by atoms with Gasteiger partial charge in [-0.1, -0.05) is 42.5 Å². The van der Waals surface area contributed by atoms with Crippen LogP contribution < -0.4 is 0 Å². The van der Waals surface area contributed by atoms with Gasteiger partial charge in [0.15, 0.2) is 0 Å². The molecule has 1 N–H and O–H groups in total. The summed E-state index contributed by atoms with van der Waals surface area (Å²) in [6, 6.07) is 14.6. The molecule has 108 valence electrons. The van der Waals surface area contributed by atoms with E-state index >= 15 is 0 Å². The van der Waals surface area contributed by atoms with Gasteiger partial charge in [-0.05, 0) is 35.6 Å². The van der Waals surface area contributed by atoms with Gasteiger partial charge in [0.25, 0.3) is 0 Å². The maximum atomic E-state index is 10.0. The lowest BCUT2D eigenvalue weighted by Crippen LogP contribution is -2.01. The van der Waals surface area contributed by atoms with Crippen molar-refractivity contribution < 1.29 is 9.84 Å². The zero-order valence-electron chi connectivity index (χ0n) is 12.3. The Morgan fingerprint density at radius 2 is 2.05 bits per heavy atom. The molecule has 1 aliphatic carbocycles. The van der Waals surface area contributed by atoms with Crippen LogP contribution in [0.15, 0.2) is 53.8 Å². The Morgan fingerprint density at radius 1 is 1.24 bits per heavy atom. The number of aliphatic hydroxyl groups is 1. The second-order valence-electron chi connectivity index (χ2n) is 5.50. The summed E-state index contributed by atoms with van der Waals surface area (Å²) in [7, 11) is 1.70. The molecule has 0 saturated heterocycles. The monoisotopic (exact) mass is 280 g/mol. The van der Waals surface area contributed by atoms with Gasteiger partial charge in [-0.2, -0.15) is 0 Å². The quantitative estimate of drug-likeness (QED) is 0.863. The van der Waals surface area contributed by atoms with Crippen LogP contribution in [0, 0.1) is 0 Å². The van der Waals surface area contributed by atoms with Crippen LogP contribution in [0.5, 0.6) is 0 Å². The molecule has 0 aromatic heterocycles. The molecule has 2 aromatic carbocycles.